The number of halogens is 1. The van der Waals surface area contributed by atoms with Crippen LogP contribution >= 0.6 is 22.9 Å². The monoisotopic (exact) mass is 392 g/mol. The van der Waals surface area contributed by atoms with E-state index in [0.717, 1.165) is 17.1 Å². The maximum Gasteiger partial charge on any atom is 0.231 e. The van der Waals surface area contributed by atoms with E-state index < -0.39 is 5.41 Å². The van der Waals surface area contributed by atoms with Crippen LogP contribution in [0.15, 0.2) is 24.3 Å². The summed E-state index contributed by atoms with van der Waals surface area (Å²) in [4.78, 5) is 26.4. The topological polar surface area (TPSA) is 75.2 Å². The number of amides is 2. The van der Waals surface area contributed by atoms with Gasteiger partial charge in [0.25, 0.3) is 0 Å². The number of carbonyl (C=O) groups is 2. The highest BCUT2D eigenvalue weighted by Gasteiger charge is 2.34. The van der Waals surface area contributed by atoms with Crippen LogP contribution in [0.25, 0.3) is 0 Å². The lowest BCUT2D eigenvalue weighted by Gasteiger charge is -2.20. The van der Waals surface area contributed by atoms with Gasteiger partial charge >= 0.3 is 0 Å². The third-order valence-electron chi connectivity index (χ3n) is 4.77. The summed E-state index contributed by atoms with van der Waals surface area (Å²) < 4.78 is 0. The second kappa shape index (κ2) is 7.32. The van der Waals surface area contributed by atoms with E-state index in [1.54, 1.807) is 17.0 Å². The summed E-state index contributed by atoms with van der Waals surface area (Å²) in [7, 11) is 0. The van der Waals surface area contributed by atoms with Gasteiger partial charge in [-0.1, -0.05) is 43.7 Å². The van der Waals surface area contributed by atoms with Crippen molar-refractivity contribution in [2.45, 2.75) is 39.5 Å². The summed E-state index contributed by atoms with van der Waals surface area (Å²) in [6.45, 7) is 6.30. The Hall–Kier alpha value is -1.99. The van der Waals surface area contributed by atoms with Crippen LogP contribution in [0, 0.1) is 5.41 Å². The Morgan fingerprint density at radius 1 is 1.35 bits per heavy atom. The van der Waals surface area contributed by atoms with E-state index in [0.29, 0.717) is 23.1 Å². The molecule has 2 amide bonds. The van der Waals surface area contributed by atoms with Crippen LogP contribution in [-0.2, 0) is 9.59 Å². The van der Waals surface area contributed by atoms with Gasteiger partial charge in [0.05, 0.1) is 0 Å². The third kappa shape index (κ3) is 3.88. The third-order valence-corrected chi connectivity index (χ3v) is 6.03. The fourth-order valence-electron chi connectivity index (χ4n) is 2.62. The Morgan fingerprint density at radius 3 is 2.69 bits per heavy atom. The molecule has 2 aromatic rings. The highest BCUT2D eigenvalue weighted by atomic mass is 35.5. The van der Waals surface area contributed by atoms with Gasteiger partial charge < -0.3 is 10.2 Å². The van der Waals surface area contributed by atoms with Gasteiger partial charge in [-0.15, -0.1) is 10.2 Å². The first-order chi connectivity index (χ1) is 12.3. The Morgan fingerprint density at radius 2 is 2.04 bits per heavy atom. The van der Waals surface area contributed by atoms with Crippen LogP contribution in [0.1, 0.15) is 44.5 Å². The van der Waals surface area contributed by atoms with Crippen molar-refractivity contribution in [1.82, 2.24) is 10.2 Å². The van der Waals surface area contributed by atoms with Crippen LogP contribution in [-0.4, -0.2) is 28.6 Å². The van der Waals surface area contributed by atoms with Gasteiger partial charge in [-0.2, -0.15) is 0 Å². The molecule has 3 rings (SSSR count). The average Bonchev–Trinajstić information content (AvgIpc) is 3.22. The molecule has 1 atom stereocenters. The van der Waals surface area contributed by atoms with Crippen molar-refractivity contribution in [3.63, 3.8) is 0 Å². The quantitative estimate of drug-likeness (QED) is 0.831. The predicted octanol–water partition coefficient (Wildman–Crippen LogP) is 4.09. The smallest absolute Gasteiger partial charge is 0.231 e. The maximum absolute atomic E-state index is 12.4. The molecule has 6 nitrogen and oxygen atoms in total. The van der Waals surface area contributed by atoms with Gasteiger partial charge in [0.1, 0.15) is 5.01 Å². The summed E-state index contributed by atoms with van der Waals surface area (Å²) >= 11 is 7.24. The standard InChI is InChI=1S/C18H21ClN4O2S/c1-4-18(2,3)16(25)20-17-22-21-15(26-17)11-9-14(24)23(10-11)13-7-5-12(19)6-8-13/h5-8,11H,4,9-10H2,1-3H3,(H,20,22,25)/t11-/m1/s1. The van der Waals surface area contributed by atoms with Crippen molar-refractivity contribution in [2.75, 3.05) is 16.8 Å². The molecule has 1 aliphatic rings. The number of rotatable bonds is 5. The minimum absolute atomic E-state index is 0.0273. The first-order valence-corrected chi connectivity index (χ1v) is 9.70. The molecule has 0 saturated carbocycles. The number of nitrogens with one attached hydrogen (secondary N) is 1. The number of hydrogen-bond donors (Lipinski definition) is 1. The Bertz CT molecular complexity index is 819. The molecule has 1 aliphatic heterocycles. The van der Waals surface area contributed by atoms with Crippen molar-refractivity contribution in [2.24, 2.45) is 5.41 Å². The number of nitrogens with zero attached hydrogens (tertiary/aromatic N) is 3. The van der Waals surface area contributed by atoms with Gasteiger partial charge in [0.15, 0.2) is 0 Å². The highest BCUT2D eigenvalue weighted by molar-refractivity contribution is 7.15. The summed E-state index contributed by atoms with van der Waals surface area (Å²) in [5, 5.41) is 13.0. The van der Waals surface area contributed by atoms with E-state index in [4.69, 9.17) is 11.6 Å². The zero-order valence-corrected chi connectivity index (χ0v) is 16.5. The normalized spacial score (nSPS) is 17.6. The zero-order valence-electron chi connectivity index (χ0n) is 15.0. The second-order valence-electron chi connectivity index (χ2n) is 7.02. The molecule has 0 spiro atoms. The molecular formula is C18H21ClN4O2S. The van der Waals surface area contributed by atoms with E-state index >= 15 is 0 Å². The highest BCUT2D eigenvalue weighted by Crippen LogP contribution is 2.35. The molecule has 1 fully saturated rings. The second-order valence-corrected chi connectivity index (χ2v) is 8.46. The lowest BCUT2D eigenvalue weighted by atomic mass is 9.89. The molecule has 26 heavy (non-hydrogen) atoms. The fourth-order valence-corrected chi connectivity index (χ4v) is 3.58. The van der Waals surface area contributed by atoms with E-state index in [1.165, 1.54) is 11.3 Å². The molecule has 0 radical (unpaired) electrons. The Kier molecular flexibility index (Phi) is 5.29. The van der Waals surface area contributed by atoms with Gasteiger partial charge in [-0.3, -0.25) is 9.59 Å². The zero-order chi connectivity index (χ0) is 18.9. The van der Waals surface area contributed by atoms with Crippen molar-refractivity contribution in [3.8, 4) is 0 Å². The number of hydrogen-bond acceptors (Lipinski definition) is 5. The maximum atomic E-state index is 12.4. The first kappa shape index (κ1) is 18.8. The predicted molar refractivity (Wildman–Crippen MR) is 104 cm³/mol. The van der Waals surface area contributed by atoms with Crippen molar-refractivity contribution in [1.29, 1.82) is 0 Å². The molecule has 1 aromatic heterocycles. The number of anilines is 2. The minimum atomic E-state index is -0.458. The molecule has 2 heterocycles. The summed E-state index contributed by atoms with van der Waals surface area (Å²) in [6, 6.07) is 7.21. The van der Waals surface area contributed by atoms with Crippen molar-refractivity contribution >= 4 is 45.6 Å². The largest absolute Gasteiger partial charge is 0.312 e. The van der Waals surface area contributed by atoms with Crippen LogP contribution in [0.2, 0.25) is 5.02 Å². The van der Waals surface area contributed by atoms with E-state index in [9.17, 15) is 9.59 Å². The summed E-state index contributed by atoms with van der Waals surface area (Å²) in [5.41, 5.74) is 0.366. The molecule has 0 aliphatic carbocycles. The molecule has 0 bridgehead atoms. The molecule has 1 aromatic carbocycles. The Labute approximate surface area is 161 Å². The van der Waals surface area contributed by atoms with E-state index in [1.807, 2.05) is 32.9 Å². The van der Waals surface area contributed by atoms with Crippen LogP contribution in [0.4, 0.5) is 10.8 Å². The van der Waals surface area contributed by atoms with Gasteiger partial charge in [-0.25, -0.2) is 0 Å². The molecule has 1 saturated heterocycles. The van der Waals surface area contributed by atoms with E-state index in [2.05, 4.69) is 15.5 Å². The summed E-state index contributed by atoms with van der Waals surface area (Å²) in [5.74, 6) is -0.0567. The lowest BCUT2D eigenvalue weighted by Crippen LogP contribution is -2.29. The number of carbonyl (C=O) groups excluding carboxylic acids is 2. The SMILES string of the molecule is CCC(C)(C)C(=O)Nc1nnc([C@@H]2CC(=O)N(c3ccc(Cl)cc3)C2)s1. The van der Waals surface area contributed by atoms with Crippen LogP contribution < -0.4 is 10.2 Å². The lowest BCUT2D eigenvalue weighted by molar-refractivity contribution is -0.124. The molecule has 1 N–H and O–H groups in total. The number of aromatic nitrogens is 2. The van der Waals surface area contributed by atoms with E-state index in [-0.39, 0.29) is 17.7 Å². The van der Waals surface area contributed by atoms with Crippen molar-refractivity contribution in [3.05, 3.63) is 34.3 Å². The fraction of sp³-hybridized carbons (Fsp3) is 0.444. The van der Waals surface area contributed by atoms with Gasteiger partial charge in [0, 0.05) is 35.0 Å². The van der Waals surface area contributed by atoms with Crippen LogP contribution in [0.3, 0.4) is 0 Å². The molecule has 138 valence electrons. The molecular weight excluding hydrogens is 372 g/mol. The minimum Gasteiger partial charge on any atom is -0.312 e. The molecule has 8 heteroatoms. The number of benzene rings is 1. The van der Waals surface area contributed by atoms with Crippen LogP contribution in [0.5, 0.6) is 0 Å². The first-order valence-electron chi connectivity index (χ1n) is 8.51. The summed E-state index contributed by atoms with van der Waals surface area (Å²) in [6.07, 6.45) is 1.11. The van der Waals surface area contributed by atoms with Crippen molar-refractivity contribution < 1.29 is 9.59 Å². The molecule has 0 unspecified atom stereocenters. The van der Waals surface area contributed by atoms with Gasteiger partial charge in [-0.05, 0) is 30.7 Å². The average molecular weight is 393 g/mol. The van der Waals surface area contributed by atoms with Gasteiger partial charge in [0.2, 0.25) is 16.9 Å². The Balaban J connectivity index is 1.69.